The highest BCUT2D eigenvalue weighted by atomic mass is 35.5. The summed E-state index contributed by atoms with van der Waals surface area (Å²) < 4.78 is 53.3. The standard InChI is InChI=1S/C43H56ClF2N3O6/c1-27-12-11-13-32(37(27)46)33(26-47)38(48-31(25-41(2,3)4)22-28-14-16-30(44)24-34(28)45)39(50)49-35-17-15-29(23-36(35)53-10)40(51)55-43(7,8)19-21-54-42(5,6)18-20-52-9/h11-17,23-24,31,33,38,48H,18-22,25H2,1-10H3,(H,49,50)/t31?,33?,38-/m1/s1. The molecule has 0 aliphatic carbocycles. The van der Waals surface area contributed by atoms with E-state index in [0.717, 1.165) is 0 Å². The summed E-state index contributed by atoms with van der Waals surface area (Å²) >= 11 is 6.02. The van der Waals surface area contributed by atoms with Crippen molar-refractivity contribution >= 4 is 29.2 Å². The van der Waals surface area contributed by atoms with E-state index in [9.17, 15) is 14.9 Å². The number of anilines is 1. The molecule has 300 valence electrons. The summed E-state index contributed by atoms with van der Waals surface area (Å²) in [6, 6.07) is 13.9. The van der Waals surface area contributed by atoms with E-state index >= 15 is 8.78 Å². The fourth-order valence-electron chi connectivity index (χ4n) is 6.18. The molecule has 0 aliphatic rings. The van der Waals surface area contributed by atoms with Gasteiger partial charge in [-0.2, -0.15) is 5.26 Å². The molecule has 0 saturated carbocycles. The second-order valence-corrected chi connectivity index (χ2v) is 16.7. The van der Waals surface area contributed by atoms with Crippen LogP contribution in [0.2, 0.25) is 5.02 Å². The summed E-state index contributed by atoms with van der Waals surface area (Å²) in [4.78, 5) is 27.7. The number of hydrogen-bond acceptors (Lipinski definition) is 8. The van der Waals surface area contributed by atoms with Crippen LogP contribution in [0, 0.1) is 35.3 Å². The van der Waals surface area contributed by atoms with Gasteiger partial charge in [-0.1, -0.05) is 56.6 Å². The van der Waals surface area contributed by atoms with Gasteiger partial charge >= 0.3 is 5.97 Å². The Kier molecular flexibility index (Phi) is 16.2. The lowest BCUT2D eigenvalue weighted by Gasteiger charge is -2.32. The molecule has 3 aromatic carbocycles. The molecule has 3 atom stereocenters. The number of ether oxygens (including phenoxy) is 4. The van der Waals surface area contributed by atoms with Gasteiger partial charge in [-0.3, -0.25) is 4.79 Å². The Morgan fingerprint density at radius 2 is 1.62 bits per heavy atom. The number of carbonyl (C=O) groups excluding carboxylic acids is 2. The zero-order valence-electron chi connectivity index (χ0n) is 33.7. The van der Waals surface area contributed by atoms with Crippen molar-refractivity contribution < 1.29 is 37.3 Å². The molecule has 0 heterocycles. The van der Waals surface area contributed by atoms with Gasteiger partial charge in [-0.15, -0.1) is 0 Å². The maximum atomic E-state index is 15.6. The fourth-order valence-corrected chi connectivity index (χ4v) is 6.34. The normalized spacial score (nSPS) is 13.7. The number of carbonyl (C=O) groups is 2. The minimum atomic E-state index is -1.30. The van der Waals surface area contributed by atoms with E-state index in [-0.39, 0.29) is 39.4 Å². The first-order chi connectivity index (χ1) is 25.7. The van der Waals surface area contributed by atoms with Crippen LogP contribution >= 0.6 is 11.6 Å². The molecule has 12 heteroatoms. The van der Waals surface area contributed by atoms with Crippen molar-refractivity contribution in [2.75, 3.05) is 32.8 Å². The number of benzene rings is 3. The summed E-state index contributed by atoms with van der Waals surface area (Å²) in [5.74, 6) is -3.49. The minimum Gasteiger partial charge on any atom is -0.495 e. The summed E-state index contributed by atoms with van der Waals surface area (Å²) in [6.07, 6.45) is 1.79. The first-order valence-corrected chi connectivity index (χ1v) is 18.8. The van der Waals surface area contributed by atoms with Crippen LogP contribution in [0.5, 0.6) is 5.75 Å². The first-order valence-electron chi connectivity index (χ1n) is 18.4. The van der Waals surface area contributed by atoms with Crippen LogP contribution < -0.4 is 15.4 Å². The largest absolute Gasteiger partial charge is 0.495 e. The lowest BCUT2D eigenvalue weighted by atomic mass is 9.84. The highest BCUT2D eigenvalue weighted by Gasteiger charge is 2.36. The van der Waals surface area contributed by atoms with Gasteiger partial charge in [0.05, 0.1) is 42.6 Å². The van der Waals surface area contributed by atoms with Crippen molar-refractivity contribution in [3.05, 3.63) is 93.5 Å². The lowest BCUT2D eigenvalue weighted by molar-refractivity contribution is -0.118. The zero-order valence-corrected chi connectivity index (χ0v) is 34.5. The smallest absolute Gasteiger partial charge is 0.338 e. The van der Waals surface area contributed by atoms with E-state index < -0.39 is 52.7 Å². The van der Waals surface area contributed by atoms with Crippen molar-refractivity contribution in [1.29, 1.82) is 5.26 Å². The molecule has 0 radical (unpaired) electrons. The van der Waals surface area contributed by atoms with Crippen LogP contribution in [0.4, 0.5) is 14.5 Å². The van der Waals surface area contributed by atoms with Crippen molar-refractivity contribution in [3.63, 3.8) is 0 Å². The summed E-state index contributed by atoms with van der Waals surface area (Å²) in [5, 5.41) is 16.9. The van der Waals surface area contributed by atoms with Crippen LogP contribution in [0.1, 0.15) is 101 Å². The SMILES string of the molecule is COCCC(C)(C)OCCC(C)(C)OC(=O)c1ccc(NC(=O)[C@H](NC(Cc2ccc(Cl)cc2F)CC(C)(C)C)C(C#N)c2cccc(C)c2F)c(OC)c1. The molecular weight excluding hydrogens is 728 g/mol. The van der Waals surface area contributed by atoms with Gasteiger partial charge < -0.3 is 29.6 Å². The third-order valence-corrected chi connectivity index (χ3v) is 9.47. The van der Waals surface area contributed by atoms with Gasteiger partial charge in [0.25, 0.3) is 0 Å². The predicted octanol–water partition coefficient (Wildman–Crippen LogP) is 9.34. The Morgan fingerprint density at radius 1 is 0.927 bits per heavy atom. The molecule has 0 saturated heterocycles. The van der Waals surface area contributed by atoms with Crippen LogP contribution in [-0.4, -0.2) is 62.6 Å². The number of aryl methyl sites for hydroxylation is 1. The minimum absolute atomic E-state index is 0.0407. The van der Waals surface area contributed by atoms with Crippen molar-refractivity contribution in [1.82, 2.24) is 5.32 Å². The Labute approximate surface area is 330 Å². The lowest BCUT2D eigenvalue weighted by Crippen LogP contribution is -2.51. The molecule has 1 amide bonds. The van der Waals surface area contributed by atoms with E-state index in [1.165, 1.54) is 37.4 Å². The Hall–Kier alpha value is -4.08. The fraction of sp³-hybridized carbons (Fsp3) is 0.512. The summed E-state index contributed by atoms with van der Waals surface area (Å²) in [5.41, 5.74) is -0.424. The molecule has 55 heavy (non-hydrogen) atoms. The Bertz CT molecular complexity index is 1820. The summed E-state index contributed by atoms with van der Waals surface area (Å²) in [6.45, 7) is 16.1. The van der Waals surface area contributed by atoms with Gasteiger partial charge in [-0.05, 0) is 101 Å². The highest BCUT2D eigenvalue weighted by Crippen LogP contribution is 2.32. The topological polar surface area (TPSA) is 119 Å². The third-order valence-electron chi connectivity index (χ3n) is 9.24. The quantitative estimate of drug-likeness (QED) is 0.116. The van der Waals surface area contributed by atoms with Crippen molar-refractivity contribution in [3.8, 4) is 11.8 Å². The molecular formula is C43H56ClF2N3O6. The molecule has 0 spiro atoms. The summed E-state index contributed by atoms with van der Waals surface area (Å²) in [7, 11) is 3.03. The molecule has 0 aromatic heterocycles. The van der Waals surface area contributed by atoms with E-state index in [0.29, 0.717) is 43.6 Å². The molecule has 0 fully saturated rings. The van der Waals surface area contributed by atoms with Crippen LogP contribution in [0.3, 0.4) is 0 Å². The first kappa shape index (κ1) is 45.3. The zero-order chi connectivity index (χ0) is 41.1. The van der Waals surface area contributed by atoms with Crippen LogP contribution in [-0.2, 0) is 25.4 Å². The number of nitrogens with zero attached hydrogens (tertiary/aromatic N) is 1. The van der Waals surface area contributed by atoms with E-state index in [1.54, 1.807) is 52.1 Å². The van der Waals surface area contributed by atoms with Gasteiger partial charge in [0, 0.05) is 36.8 Å². The second-order valence-electron chi connectivity index (χ2n) is 16.3. The molecule has 0 bridgehead atoms. The molecule has 0 aliphatic heterocycles. The number of nitriles is 1. The van der Waals surface area contributed by atoms with Gasteiger partial charge in [0.15, 0.2) is 0 Å². The number of nitrogens with one attached hydrogen (secondary N) is 2. The van der Waals surface area contributed by atoms with Crippen molar-refractivity contribution in [2.45, 2.75) is 110 Å². The number of halogens is 3. The van der Waals surface area contributed by atoms with Gasteiger partial charge in [-0.25, -0.2) is 13.6 Å². The Balaban J connectivity index is 1.92. The maximum absolute atomic E-state index is 15.6. The molecule has 9 nitrogen and oxygen atoms in total. The molecule has 2 unspecified atom stereocenters. The number of amides is 1. The van der Waals surface area contributed by atoms with Gasteiger partial charge in [0.1, 0.15) is 29.0 Å². The van der Waals surface area contributed by atoms with Crippen LogP contribution in [0.15, 0.2) is 54.6 Å². The average Bonchev–Trinajstić information content (AvgIpc) is 3.09. The van der Waals surface area contributed by atoms with Crippen molar-refractivity contribution in [2.24, 2.45) is 5.41 Å². The maximum Gasteiger partial charge on any atom is 0.338 e. The second kappa shape index (κ2) is 19.7. The third kappa shape index (κ3) is 13.9. The number of methoxy groups -OCH3 is 2. The van der Waals surface area contributed by atoms with Crippen LogP contribution in [0.25, 0.3) is 0 Å². The number of rotatable bonds is 19. The average molecular weight is 784 g/mol. The molecule has 3 aromatic rings. The predicted molar refractivity (Wildman–Crippen MR) is 212 cm³/mol. The van der Waals surface area contributed by atoms with E-state index in [1.807, 2.05) is 34.6 Å². The number of hydrogen-bond donors (Lipinski definition) is 2. The molecule has 3 rings (SSSR count). The van der Waals surface area contributed by atoms with E-state index in [4.69, 9.17) is 30.5 Å². The highest BCUT2D eigenvalue weighted by molar-refractivity contribution is 6.30. The van der Waals surface area contributed by atoms with E-state index in [2.05, 4.69) is 16.7 Å². The Morgan fingerprint density at radius 3 is 2.24 bits per heavy atom. The number of esters is 1. The van der Waals surface area contributed by atoms with Gasteiger partial charge in [0.2, 0.25) is 5.91 Å². The monoisotopic (exact) mass is 783 g/mol. The molecule has 2 N–H and O–H groups in total.